The van der Waals surface area contributed by atoms with Gasteiger partial charge in [-0.15, -0.1) is 0 Å². The summed E-state index contributed by atoms with van der Waals surface area (Å²) in [7, 11) is 0. The number of rotatable bonds is 14. The Bertz CT molecular complexity index is 1880. The number of aryl methyl sites for hydroxylation is 1. The summed E-state index contributed by atoms with van der Waals surface area (Å²) in [4.78, 5) is 74.3. The van der Waals surface area contributed by atoms with Gasteiger partial charge in [0.1, 0.15) is 17.2 Å². The van der Waals surface area contributed by atoms with Crippen molar-refractivity contribution in [2.45, 2.75) is 59.5 Å². The van der Waals surface area contributed by atoms with Crippen molar-refractivity contribution in [3.63, 3.8) is 0 Å². The molecule has 4 aromatic rings. The summed E-state index contributed by atoms with van der Waals surface area (Å²) < 4.78 is 11.3. The van der Waals surface area contributed by atoms with Gasteiger partial charge in [0.25, 0.3) is 0 Å². The lowest BCUT2D eigenvalue weighted by Crippen LogP contribution is -2.53. The van der Waals surface area contributed by atoms with E-state index >= 15 is 0 Å². The van der Waals surface area contributed by atoms with Crippen molar-refractivity contribution in [3.8, 4) is 11.1 Å². The molecule has 2 aromatic heterocycles. The number of fused-ring (bicyclic) bond motifs is 2. The molecule has 254 valence electrons. The summed E-state index contributed by atoms with van der Waals surface area (Å²) in [6, 6.07) is 12.5. The molecule has 13 nitrogen and oxygen atoms in total. The molecule has 48 heavy (non-hydrogen) atoms. The number of hydrogen-bond donors (Lipinski definition) is 5. The van der Waals surface area contributed by atoms with E-state index in [9.17, 15) is 28.8 Å². The van der Waals surface area contributed by atoms with Crippen LogP contribution in [0, 0.1) is 12.8 Å². The highest BCUT2D eigenvalue weighted by atomic mass is 16.4. The molecule has 0 spiro atoms. The average molecular weight is 660 g/mol. The molecule has 5 N–H and O–H groups in total. The van der Waals surface area contributed by atoms with Gasteiger partial charge < -0.3 is 35.4 Å². The van der Waals surface area contributed by atoms with Gasteiger partial charge in [-0.3, -0.25) is 24.0 Å². The van der Waals surface area contributed by atoms with E-state index in [-0.39, 0.29) is 43.8 Å². The van der Waals surface area contributed by atoms with Gasteiger partial charge in [0, 0.05) is 40.4 Å². The minimum Gasteiger partial charge on any atom is -0.464 e. The lowest BCUT2D eigenvalue weighted by atomic mass is 9.99. The van der Waals surface area contributed by atoms with Crippen LogP contribution < -0.4 is 32.2 Å². The molecule has 0 aliphatic rings. The van der Waals surface area contributed by atoms with Crippen molar-refractivity contribution in [3.05, 3.63) is 70.3 Å². The normalized spacial score (nSPS) is 11.8. The zero-order valence-corrected chi connectivity index (χ0v) is 27.7. The fraction of sp³-hybridized carbons (Fsp3) is 0.371. The third-order valence-electron chi connectivity index (χ3n) is 7.70. The molecule has 1 atom stereocenters. The summed E-state index contributed by atoms with van der Waals surface area (Å²) in [6.45, 7) is 7.81. The second-order valence-corrected chi connectivity index (χ2v) is 12.1. The average Bonchev–Trinajstić information content (AvgIpc) is 3.46. The molecule has 5 amide bonds. The molecule has 0 saturated heterocycles. The van der Waals surface area contributed by atoms with E-state index < -0.39 is 41.8 Å². The van der Waals surface area contributed by atoms with Crippen molar-refractivity contribution in [1.29, 1.82) is 0 Å². The highest BCUT2D eigenvalue weighted by Crippen LogP contribution is 2.34. The van der Waals surface area contributed by atoms with Crippen molar-refractivity contribution in [2.24, 2.45) is 5.92 Å². The number of amides is 5. The third-order valence-corrected chi connectivity index (χ3v) is 7.70. The molecule has 0 bridgehead atoms. The number of nitrogens with one attached hydrogen (secondary N) is 5. The van der Waals surface area contributed by atoms with E-state index in [0.717, 1.165) is 21.9 Å². The summed E-state index contributed by atoms with van der Waals surface area (Å²) in [6.07, 6.45) is 1.68. The Morgan fingerprint density at radius 2 is 1.38 bits per heavy atom. The van der Waals surface area contributed by atoms with Gasteiger partial charge in [0.15, 0.2) is 0 Å². The van der Waals surface area contributed by atoms with Crippen LogP contribution >= 0.6 is 0 Å². The van der Waals surface area contributed by atoms with Gasteiger partial charge in [-0.1, -0.05) is 44.2 Å². The first-order valence-electron chi connectivity index (χ1n) is 15.8. The largest absolute Gasteiger partial charge is 0.464 e. The van der Waals surface area contributed by atoms with Crippen LogP contribution in [0.2, 0.25) is 0 Å². The van der Waals surface area contributed by atoms with Crippen LogP contribution in [-0.4, -0.2) is 61.3 Å². The summed E-state index contributed by atoms with van der Waals surface area (Å²) in [5.74, 6) is -2.76. The van der Waals surface area contributed by atoms with Gasteiger partial charge >= 0.3 is 5.63 Å². The van der Waals surface area contributed by atoms with Crippen LogP contribution in [0.1, 0.15) is 45.2 Å². The topological polar surface area (TPSA) is 189 Å². The first-order valence-corrected chi connectivity index (χ1v) is 15.8. The Balaban J connectivity index is 1.24. The Morgan fingerprint density at radius 1 is 0.750 bits per heavy atom. The fourth-order valence-corrected chi connectivity index (χ4v) is 5.16. The summed E-state index contributed by atoms with van der Waals surface area (Å²) in [5.41, 5.74) is 3.33. The molecule has 0 fully saturated rings. The van der Waals surface area contributed by atoms with Gasteiger partial charge in [0.2, 0.25) is 29.5 Å². The maximum atomic E-state index is 12.8. The summed E-state index contributed by atoms with van der Waals surface area (Å²) in [5, 5.41) is 14.2. The zero-order chi connectivity index (χ0) is 35.0. The monoisotopic (exact) mass is 659 g/mol. The zero-order valence-electron chi connectivity index (χ0n) is 27.7. The predicted molar refractivity (Wildman–Crippen MR) is 180 cm³/mol. The molecule has 0 unspecified atom stereocenters. The highest BCUT2D eigenvalue weighted by molar-refractivity contribution is 6.02. The van der Waals surface area contributed by atoms with Crippen molar-refractivity contribution in [2.75, 3.05) is 19.6 Å². The van der Waals surface area contributed by atoms with Gasteiger partial charge in [0.05, 0.1) is 25.9 Å². The Morgan fingerprint density at radius 3 is 2.00 bits per heavy atom. The smallest absolute Gasteiger partial charge is 0.339 e. The first kappa shape index (κ1) is 35.4. The van der Waals surface area contributed by atoms with Gasteiger partial charge in [-0.25, -0.2) is 4.79 Å². The van der Waals surface area contributed by atoms with Crippen LogP contribution in [0.25, 0.3) is 33.1 Å². The van der Waals surface area contributed by atoms with E-state index in [1.54, 1.807) is 33.1 Å². The van der Waals surface area contributed by atoms with Crippen LogP contribution in [0.5, 0.6) is 0 Å². The number of benzene rings is 2. The molecule has 2 heterocycles. The lowest BCUT2D eigenvalue weighted by Gasteiger charge is -2.23. The van der Waals surface area contributed by atoms with E-state index in [1.807, 2.05) is 50.2 Å². The minimum absolute atomic E-state index is 0.0736. The maximum absolute atomic E-state index is 12.8. The number of carbonyl (C=O) groups is 5. The van der Waals surface area contributed by atoms with Crippen molar-refractivity contribution >= 4 is 51.5 Å². The number of hydrogen-bond acceptors (Lipinski definition) is 8. The molecule has 2 aromatic carbocycles. The third kappa shape index (κ3) is 9.08. The highest BCUT2D eigenvalue weighted by Gasteiger charge is 2.24. The van der Waals surface area contributed by atoms with Gasteiger partial charge in [-0.05, 0) is 50.3 Å². The molecule has 0 saturated carbocycles. The van der Waals surface area contributed by atoms with Crippen molar-refractivity contribution in [1.82, 2.24) is 26.6 Å². The number of furan rings is 1. The Kier molecular flexibility index (Phi) is 11.7. The second-order valence-electron chi connectivity index (χ2n) is 12.1. The van der Waals surface area contributed by atoms with Crippen LogP contribution in [0.3, 0.4) is 0 Å². The van der Waals surface area contributed by atoms with E-state index in [1.165, 1.54) is 0 Å². The first-order chi connectivity index (χ1) is 22.8. The second kappa shape index (κ2) is 15.9. The fourth-order valence-electron chi connectivity index (χ4n) is 5.16. The number of carbonyl (C=O) groups excluding carboxylic acids is 5. The molecule has 0 aliphatic heterocycles. The molecule has 4 rings (SSSR count). The standard InChI is InChI=1S/C35H41N5O8/c1-19(2)33(34(45)39-20(3)4)40-32(44)17-38-31(43)16-37-30(42)15-36-29(41)12-11-23-21(5)24-13-25-26(22-9-7-6-8-10-22)18-47-27(25)14-28(24)48-35(23)46/h6-10,13-14,18-20,33H,11-12,15-17H2,1-5H3,(H,36,41)(H,37,42)(H,38,43)(H,39,45)(H,40,44)/t33-/m0/s1. The van der Waals surface area contributed by atoms with Crippen LogP contribution in [0.4, 0.5) is 0 Å². The summed E-state index contributed by atoms with van der Waals surface area (Å²) >= 11 is 0. The molecular formula is C35H41N5O8. The van der Waals surface area contributed by atoms with Gasteiger partial charge in [-0.2, -0.15) is 0 Å². The van der Waals surface area contributed by atoms with E-state index in [4.69, 9.17) is 8.83 Å². The maximum Gasteiger partial charge on any atom is 0.339 e. The Hall–Kier alpha value is -5.46. The van der Waals surface area contributed by atoms with Crippen molar-refractivity contribution < 1.29 is 32.8 Å². The van der Waals surface area contributed by atoms with Crippen LogP contribution in [0.15, 0.2) is 62.4 Å². The van der Waals surface area contributed by atoms with E-state index in [2.05, 4.69) is 26.6 Å². The molecule has 13 heteroatoms. The quantitative estimate of drug-likeness (QED) is 0.128. The van der Waals surface area contributed by atoms with Crippen LogP contribution in [-0.2, 0) is 30.4 Å². The lowest BCUT2D eigenvalue weighted by molar-refractivity contribution is -0.131. The predicted octanol–water partition coefficient (Wildman–Crippen LogP) is 2.46. The minimum atomic E-state index is -0.763. The van der Waals surface area contributed by atoms with E-state index in [0.29, 0.717) is 22.3 Å². The molecular weight excluding hydrogens is 618 g/mol. The molecule has 0 aliphatic carbocycles. The SMILES string of the molecule is Cc1c(CCC(=O)NCC(=O)NCC(=O)NCC(=O)N[C@H](C(=O)NC(C)C)C(C)C)c(=O)oc2cc3occ(-c4ccccc4)c3cc12. The Labute approximate surface area is 277 Å². The molecule has 0 radical (unpaired) electrons.